The summed E-state index contributed by atoms with van der Waals surface area (Å²) in [5.41, 5.74) is 6.29. The summed E-state index contributed by atoms with van der Waals surface area (Å²) < 4.78 is 77.6. The van der Waals surface area contributed by atoms with Crippen molar-refractivity contribution in [2.24, 2.45) is 0 Å². The van der Waals surface area contributed by atoms with Gasteiger partial charge in [0.1, 0.15) is 0 Å². The van der Waals surface area contributed by atoms with Crippen LogP contribution >= 0.6 is 17.8 Å². The third-order valence-electron chi connectivity index (χ3n) is 13.8. The summed E-state index contributed by atoms with van der Waals surface area (Å²) >= 11 is -0.826. The van der Waals surface area contributed by atoms with Gasteiger partial charge in [-0.2, -0.15) is 16.8 Å². The van der Waals surface area contributed by atoms with Crippen LogP contribution < -0.4 is 5.73 Å². The average molecular weight is 2050 g/mol. The van der Waals surface area contributed by atoms with Crippen LogP contribution in [0.25, 0.3) is 17.0 Å². The number of aliphatic hydroxyl groups is 1. The second kappa shape index (κ2) is 65.5. The number of nitrogen functional groups attached to an aromatic ring is 1. The van der Waals surface area contributed by atoms with Gasteiger partial charge >= 0.3 is 93.3 Å². The van der Waals surface area contributed by atoms with Gasteiger partial charge in [-0.05, 0) is 129 Å². The van der Waals surface area contributed by atoms with Crippen LogP contribution in [0.1, 0.15) is 144 Å². The summed E-state index contributed by atoms with van der Waals surface area (Å²) in [5.74, 6) is -5.18. The Morgan fingerprint density at radius 1 is 0.435 bits per heavy atom. The molecule has 0 saturated carbocycles. The third-order valence-corrected chi connectivity index (χ3v) is 13.8. The van der Waals surface area contributed by atoms with E-state index in [1.807, 2.05) is 18.2 Å². The van der Waals surface area contributed by atoms with Gasteiger partial charge in [-0.25, -0.2) is 28.8 Å². The standard InChI is InChI=1S/C13H15N3O6.C11H12N2O2.C10H10N2O6.C8H6N2O6.C8H8N2O4.2C8H8O2.C2H6O.2CH4.2ClH.2HNO3.2H2O4S.Sn/c1-4-22-13(17)11-7-9(15(18)19)8-12(16(20)21)10(11)5-6-14(2)3;1-2-15-11(14)9-5-7(12)6-10-8(9)3-4-13-10;1-3-18-10(13)8-4-7(11(14)15)5-9(6(8)2)12(16)17;1-4-6(8(11)12)2-5(9(13)14)3-7(4)10(15)16;1-5-3-7(9(11)12)4-8(6(5)2)10(13)14;2*1-6-4-2-3-5-7(6)8(9)10;1-2-3;;;;;2*2-1(3)4;2*1-5(2,3)4;/h5-8H,4H2,1-3H3;3-6,13H,2,12H2,1H3;4-5H,3H2,1-2H3;2-3H,1H3,(H,11,12);3-4H,1-2H3;2*2-5H,1H3,(H,9,10);3H,2H2,1H3;2*1H4;2*1H;2*(H,2,3,4);2*(H2,1,2,3,4);/q;;;;;;;;;;;;;;;;+2/p-2/b6-5+;;;;;;;;;;;;;;;;. The Hall–Kier alpha value is -15.1. The van der Waals surface area contributed by atoms with E-state index in [4.69, 9.17) is 124 Å². The molecule has 2 radical (unpaired) electrons. The van der Waals surface area contributed by atoms with Crippen molar-refractivity contribution in [2.75, 3.05) is 46.3 Å². The number of nitrogens with zero attached hydrogens (tertiary/aromatic N) is 11. The molecule has 0 atom stereocenters. The molecule has 1 heterocycles. The topological polar surface area (TPSA) is 877 Å². The van der Waals surface area contributed by atoms with Crippen LogP contribution in [-0.4, -0.2) is 221 Å². The van der Waals surface area contributed by atoms with Gasteiger partial charge in [0.2, 0.25) is 0 Å². The maximum absolute atomic E-state index is 11.9. The summed E-state index contributed by atoms with van der Waals surface area (Å²) in [6.07, 6.45) is 4.61. The number of aliphatic hydroxyl groups excluding tert-OH is 1. The number of H-pyrrole nitrogens is 1. The van der Waals surface area contributed by atoms with Crippen LogP contribution in [0.3, 0.4) is 0 Å². The molecule has 0 fully saturated rings. The molecule has 0 bridgehead atoms. The van der Waals surface area contributed by atoms with Crippen molar-refractivity contribution in [1.82, 2.24) is 9.88 Å². The minimum atomic E-state index is -4.67. The minimum absolute atomic E-state index is 0. The van der Waals surface area contributed by atoms with Gasteiger partial charge in [0, 0.05) is 84.4 Å². The first-order chi connectivity index (χ1) is 59.4. The number of nitrogens with two attached hydrogens (primary N) is 1. The molecule has 0 spiro atoms. The van der Waals surface area contributed by atoms with E-state index in [0.29, 0.717) is 40.1 Å². The molecule has 56 nitrogen and oxygen atoms in total. The number of ether oxygens (including phenoxy) is 3. The first-order valence-corrected chi connectivity index (χ1v) is 43.8. The number of halogens is 2. The number of benzene rings is 7. The van der Waals surface area contributed by atoms with Gasteiger partial charge in [0.15, 0.2) is 0 Å². The zero-order valence-electron chi connectivity index (χ0n) is 68.5. The first-order valence-electron chi connectivity index (χ1n) is 33.8. The fraction of sp³-hybridized carbons (Fsp3) is 0.257. The Labute approximate surface area is 757 Å². The molecule has 0 amide bonds. The van der Waals surface area contributed by atoms with E-state index < -0.39 is 159 Å². The van der Waals surface area contributed by atoms with Gasteiger partial charge in [0.25, 0.3) is 55.7 Å². The first kappa shape index (κ1) is 129. The van der Waals surface area contributed by atoms with E-state index in [1.54, 1.807) is 129 Å². The van der Waals surface area contributed by atoms with Gasteiger partial charge < -0.3 is 60.7 Å². The number of fused-ring (bicyclic) bond motifs is 1. The number of carbonyl (C=O) groups is 6. The number of aryl methyl sites for hydroxylation is 3. The van der Waals surface area contributed by atoms with Gasteiger partial charge in [-0.15, -0.1) is 20.2 Å². The number of hydrogen-bond acceptors (Lipinski definition) is 36. The molecule has 0 unspecified atom stereocenters. The summed E-state index contributed by atoms with van der Waals surface area (Å²) in [6, 6.07) is 26.5. The Bertz CT molecular complexity index is 5410. The fourth-order valence-corrected chi connectivity index (χ4v) is 8.57. The van der Waals surface area contributed by atoms with Crippen LogP contribution in [0.2, 0.25) is 0 Å². The monoisotopic (exact) mass is 2050 g/mol. The molecule has 0 aliphatic carbocycles. The van der Waals surface area contributed by atoms with E-state index in [1.165, 1.54) is 32.2 Å². The van der Waals surface area contributed by atoms with Crippen LogP contribution in [-0.2, 0) is 35.0 Å². The number of carbonyl (C=O) groups excluding carboxylic acids is 3. The number of carboxylic acids is 3. The second-order valence-electron chi connectivity index (χ2n) is 22.9. The molecule has 0 saturated heterocycles. The predicted octanol–water partition coefficient (Wildman–Crippen LogP) is 13.4. The van der Waals surface area contributed by atoms with Gasteiger partial charge in [-0.1, -0.05) is 51.3 Å². The quantitative estimate of drug-likeness (QED) is 0.00680. The number of nitrogens with one attached hydrogen (secondary N) is 1. The zero-order chi connectivity index (χ0) is 102. The van der Waals surface area contributed by atoms with Crippen LogP contribution in [0, 0.1) is 143 Å². The molecule has 131 heavy (non-hydrogen) atoms. The van der Waals surface area contributed by atoms with Crippen LogP contribution in [0.5, 0.6) is 0 Å². The van der Waals surface area contributed by atoms with E-state index in [9.17, 15) is 110 Å². The van der Waals surface area contributed by atoms with Crippen LogP contribution in [0.4, 0.5) is 51.2 Å². The van der Waals surface area contributed by atoms with Crippen molar-refractivity contribution < 1.29 is 158 Å². The number of anilines is 1. The van der Waals surface area contributed by atoms with Gasteiger partial charge in [-0.3, -0.25) is 99.1 Å². The molecule has 7 aromatic carbocycles. The van der Waals surface area contributed by atoms with E-state index in [0.717, 1.165) is 64.5 Å². The number of non-ortho nitro benzene ring substituents is 4. The number of nitro benzene ring substituents is 8. The molecule has 0 aliphatic rings. The molecule has 8 aromatic rings. The van der Waals surface area contributed by atoms with Crippen molar-refractivity contribution in [2.45, 2.75) is 84.1 Å². The Morgan fingerprint density at radius 2 is 0.710 bits per heavy atom. The summed E-state index contributed by atoms with van der Waals surface area (Å²) in [6.45, 7) is 16.6. The summed E-state index contributed by atoms with van der Waals surface area (Å²) in [7, 11) is 3.92. The number of nitro groups is 8. The maximum atomic E-state index is 11.9. The molecule has 1 aromatic heterocycles. The zero-order valence-corrected chi connectivity index (χ0v) is 74.5. The number of aromatic carboxylic acids is 3. The summed E-state index contributed by atoms with van der Waals surface area (Å²) in [5, 5.41) is 147. The Kier molecular flexibility index (Phi) is 64.5. The number of carboxylic acid groups (broad SMARTS) is 3. The molecule has 61 heteroatoms. The number of hydrogen-bond donors (Lipinski definition) is 12. The Morgan fingerprint density at radius 3 is 1.00 bits per heavy atom. The number of esters is 3. The van der Waals surface area contributed by atoms with Crippen molar-refractivity contribution in [3.05, 3.63) is 301 Å². The number of aromatic amines is 1. The van der Waals surface area contributed by atoms with Crippen LogP contribution in [0.15, 0.2) is 128 Å². The van der Waals surface area contributed by atoms with Crippen molar-refractivity contribution in [1.29, 1.82) is 0 Å². The third kappa shape index (κ3) is 55.2. The molecule has 8 rings (SSSR count). The number of rotatable bonds is 19. The molecular weight excluding hydrogens is 1960 g/mol. The molecular formula is C70H87Cl2N13O43S2Sn. The second-order valence-corrected chi connectivity index (χ2v) is 28.9. The van der Waals surface area contributed by atoms with E-state index in [-0.39, 0.29) is 79.8 Å². The molecule has 13 N–H and O–H groups in total. The van der Waals surface area contributed by atoms with Gasteiger partial charge in [0.05, 0.1) is 122 Å². The SMILES string of the molecule is C.C.CCO.CCOC(=O)c1cc(N)cc2[nH]ccc12.CCOC(=O)c1cc([N+](=O)[O-])cc([N+](=O)[O-])c1/C=C/N(C)C.CCOC(=O)c1cc([N+](=O)[O-])cc([N+](=O)[O-])c1C.Cc1c(C(=O)O)cc([N+](=O)[O-])cc1[N+](=O)[O-].Cc1cc([N+](=O)[O-])cc([N+](=O)[O-])c1C.Cc1ccccc1C(=O)O.Cc1ccccc1C(=O)O.O=S(=O)(O)O.O=S(=O)(O)O.O=[N+]([O-])O.O=[N+]([O-])O.[Cl][Sn][Cl]. The molecule has 720 valence electrons. The normalized spacial score (nSPS) is 9.52. The van der Waals surface area contributed by atoms with E-state index in [2.05, 4.69) is 4.98 Å². The van der Waals surface area contributed by atoms with E-state index >= 15 is 0 Å². The summed E-state index contributed by atoms with van der Waals surface area (Å²) in [4.78, 5) is 167. The average Bonchev–Trinajstić information content (AvgIpc) is 1.54. The van der Waals surface area contributed by atoms with Crippen molar-refractivity contribution in [3.63, 3.8) is 0 Å². The van der Waals surface area contributed by atoms with Crippen molar-refractivity contribution in [3.8, 4) is 0 Å². The number of aromatic nitrogens is 1. The Balaban J connectivity index is -0.000000264. The predicted molar refractivity (Wildman–Crippen MR) is 464 cm³/mol. The fourth-order valence-electron chi connectivity index (χ4n) is 8.57. The molecule has 0 aliphatic heterocycles. The van der Waals surface area contributed by atoms with Crippen molar-refractivity contribution >= 4 is 162 Å².